The second-order valence-electron chi connectivity index (χ2n) is 5.81. The maximum Gasteiger partial charge on any atom is 0.165 e. The van der Waals surface area contributed by atoms with Gasteiger partial charge < -0.3 is 4.48 Å². The van der Waals surface area contributed by atoms with Crippen LogP contribution in [0.2, 0.25) is 0 Å². The van der Waals surface area contributed by atoms with E-state index in [0.717, 1.165) is 0 Å². The minimum Gasteiger partial charge on any atom is -0.327 e. The van der Waals surface area contributed by atoms with Crippen LogP contribution in [0, 0.1) is 5.92 Å². The van der Waals surface area contributed by atoms with E-state index in [9.17, 15) is 16.8 Å². The molecule has 0 aliphatic carbocycles. The van der Waals surface area contributed by atoms with Crippen molar-refractivity contribution < 1.29 is 21.3 Å². The molecule has 0 radical (unpaired) electrons. The quantitative estimate of drug-likeness (QED) is 0.596. The molecule has 16 heavy (non-hydrogen) atoms. The number of rotatable bonds is 2. The summed E-state index contributed by atoms with van der Waals surface area (Å²) in [7, 11) is -0.114. The van der Waals surface area contributed by atoms with Crippen molar-refractivity contribution in [3.05, 3.63) is 0 Å². The zero-order valence-electron chi connectivity index (χ0n) is 9.75. The Hall–Kier alpha value is -0.140. The van der Waals surface area contributed by atoms with Gasteiger partial charge in [-0.05, 0) is 0 Å². The average molecular weight is 268 g/mol. The summed E-state index contributed by atoms with van der Waals surface area (Å²) >= 11 is 0. The molecule has 2 heterocycles. The van der Waals surface area contributed by atoms with E-state index in [1.54, 1.807) is 0 Å². The second-order valence-corrected chi connectivity index (χ2v) is 10.2. The van der Waals surface area contributed by atoms with Gasteiger partial charge in [-0.2, -0.15) is 0 Å². The van der Waals surface area contributed by atoms with Crippen LogP contribution in [0.5, 0.6) is 0 Å². The van der Waals surface area contributed by atoms with Crippen LogP contribution in [-0.2, 0) is 19.7 Å². The van der Waals surface area contributed by atoms with E-state index in [-0.39, 0.29) is 29.2 Å². The van der Waals surface area contributed by atoms with Gasteiger partial charge in [0.15, 0.2) is 19.7 Å². The van der Waals surface area contributed by atoms with E-state index < -0.39 is 24.9 Å². The monoisotopic (exact) mass is 268 g/mol. The SMILES string of the molecule is C[N+](C)(C)[C@@H]1CS(=O)(=O)[C@@H]1C1CS(=O)(=O)C1. The van der Waals surface area contributed by atoms with Crippen molar-refractivity contribution in [2.45, 2.75) is 11.3 Å². The molecule has 7 heteroatoms. The van der Waals surface area contributed by atoms with Gasteiger partial charge >= 0.3 is 0 Å². The maximum absolute atomic E-state index is 11.7. The van der Waals surface area contributed by atoms with E-state index in [1.807, 2.05) is 21.1 Å². The molecule has 0 amide bonds. The number of quaternary nitrogens is 1. The average Bonchev–Trinajstić information content (AvgIpc) is 1.95. The Labute approximate surface area is 96.9 Å². The minimum atomic E-state index is -3.04. The lowest BCUT2D eigenvalue weighted by atomic mass is 10.00. The lowest BCUT2D eigenvalue weighted by Crippen LogP contribution is -2.70. The summed E-state index contributed by atoms with van der Waals surface area (Å²) in [5.41, 5.74) is 0. The lowest BCUT2D eigenvalue weighted by Gasteiger charge is -2.49. The van der Waals surface area contributed by atoms with E-state index in [0.29, 0.717) is 4.48 Å². The number of sulfone groups is 2. The van der Waals surface area contributed by atoms with Crippen LogP contribution >= 0.6 is 0 Å². The fourth-order valence-corrected chi connectivity index (χ4v) is 7.20. The summed E-state index contributed by atoms with van der Waals surface area (Å²) < 4.78 is 46.2. The molecular weight excluding hydrogens is 250 g/mol. The van der Waals surface area contributed by atoms with Crippen molar-refractivity contribution >= 4 is 19.7 Å². The highest BCUT2D eigenvalue weighted by Crippen LogP contribution is 2.38. The Morgan fingerprint density at radius 1 is 0.938 bits per heavy atom. The van der Waals surface area contributed by atoms with Crippen molar-refractivity contribution in [2.24, 2.45) is 5.92 Å². The molecule has 0 bridgehead atoms. The fraction of sp³-hybridized carbons (Fsp3) is 1.00. The largest absolute Gasteiger partial charge is 0.327 e. The third-order valence-electron chi connectivity index (χ3n) is 3.59. The topological polar surface area (TPSA) is 68.3 Å². The van der Waals surface area contributed by atoms with Gasteiger partial charge in [0.25, 0.3) is 0 Å². The Morgan fingerprint density at radius 3 is 1.75 bits per heavy atom. The fourth-order valence-electron chi connectivity index (χ4n) is 2.63. The molecule has 0 aromatic rings. The molecule has 2 atom stereocenters. The third kappa shape index (κ3) is 1.89. The zero-order chi connectivity index (χ0) is 12.4. The Balaban J connectivity index is 2.18. The number of hydrogen-bond acceptors (Lipinski definition) is 4. The van der Waals surface area contributed by atoms with Gasteiger partial charge in [0.05, 0.1) is 32.6 Å². The van der Waals surface area contributed by atoms with Crippen molar-refractivity contribution in [3.63, 3.8) is 0 Å². The van der Waals surface area contributed by atoms with Crippen LogP contribution < -0.4 is 0 Å². The Kier molecular flexibility index (Phi) is 2.47. The summed E-state index contributed by atoms with van der Waals surface area (Å²) in [6, 6.07) is 0.0468. The van der Waals surface area contributed by atoms with Crippen LogP contribution in [0.1, 0.15) is 0 Å². The van der Waals surface area contributed by atoms with Crippen LogP contribution in [0.25, 0.3) is 0 Å². The molecule has 0 spiro atoms. The summed E-state index contributed by atoms with van der Waals surface area (Å²) in [6.45, 7) is 0. The lowest BCUT2D eigenvalue weighted by molar-refractivity contribution is -0.895. The smallest absolute Gasteiger partial charge is 0.165 e. The summed E-state index contributed by atoms with van der Waals surface area (Å²) in [5, 5.41) is -0.448. The second kappa shape index (κ2) is 3.20. The predicted octanol–water partition coefficient (Wildman–Crippen LogP) is -1.10. The highest BCUT2D eigenvalue weighted by molar-refractivity contribution is 7.94. The molecule has 2 saturated heterocycles. The van der Waals surface area contributed by atoms with Gasteiger partial charge in [-0.1, -0.05) is 0 Å². The van der Waals surface area contributed by atoms with Crippen molar-refractivity contribution in [2.75, 3.05) is 38.4 Å². The van der Waals surface area contributed by atoms with E-state index >= 15 is 0 Å². The van der Waals surface area contributed by atoms with E-state index in [2.05, 4.69) is 0 Å². The van der Waals surface area contributed by atoms with Crippen molar-refractivity contribution in [3.8, 4) is 0 Å². The normalized spacial score (nSPS) is 37.4. The molecule has 2 rings (SSSR count). The molecule has 0 aromatic heterocycles. The molecule has 2 aliphatic heterocycles. The van der Waals surface area contributed by atoms with Crippen LogP contribution in [0.15, 0.2) is 0 Å². The molecule has 2 aliphatic rings. The first kappa shape index (κ1) is 12.3. The van der Waals surface area contributed by atoms with Crippen LogP contribution in [-0.4, -0.2) is 71.0 Å². The number of nitrogens with zero attached hydrogens (tertiary/aromatic N) is 1. The molecule has 94 valence electrons. The zero-order valence-corrected chi connectivity index (χ0v) is 11.4. The maximum atomic E-state index is 11.7. The standard InChI is InChI=1S/C9H18NO4S2/c1-10(2,3)8-6-16(13,14)9(8)7-4-15(11,12)5-7/h7-9H,4-6H2,1-3H3/q+1/t8-,9-/m1/s1. The van der Waals surface area contributed by atoms with Gasteiger partial charge in [-0.3, -0.25) is 0 Å². The molecule has 5 nitrogen and oxygen atoms in total. The summed E-state index contributed by atoms with van der Waals surface area (Å²) in [6.07, 6.45) is 0. The first-order valence-corrected chi connectivity index (χ1v) is 8.80. The van der Waals surface area contributed by atoms with Gasteiger partial charge in [0.2, 0.25) is 0 Å². The highest BCUT2D eigenvalue weighted by atomic mass is 32.2. The molecule has 0 unspecified atom stereocenters. The Morgan fingerprint density at radius 2 is 1.44 bits per heavy atom. The van der Waals surface area contributed by atoms with Crippen LogP contribution in [0.3, 0.4) is 0 Å². The Bertz CT molecular complexity index is 488. The summed E-state index contributed by atoms with van der Waals surface area (Å²) in [5.74, 6) is 0.115. The molecule has 0 saturated carbocycles. The van der Waals surface area contributed by atoms with Crippen molar-refractivity contribution in [1.29, 1.82) is 0 Å². The summed E-state index contributed by atoms with van der Waals surface area (Å²) in [4.78, 5) is 0. The van der Waals surface area contributed by atoms with Gasteiger partial charge in [0.1, 0.15) is 17.0 Å². The third-order valence-corrected chi connectivity index (χ3v) is 7.80. The highest BCUT2D eigenvalue weighted by Gasteiger charge is 2.60. The van der Waals surface area contributed by atoms with Gasteiger partial charge in [0, 0.05) is 5.92 Å². The van der Waals surface area contributed by atoms with E-state index in [1.165, 1.54) is 0 Å². The predicted molar refractivity (Wildman–Crippen MR) is 61.5 cm³/mol. The first-order chi connectivity index (χ1) is 7.03. The van der Waals surface area contributed by atoms with E-state index in [4.69, 9.17) is 0 Å². The molecule has 2 fully saturated rings. The first-order valence-electron chi connectivity index (χ1n) is 5.26. The van der Waals surface area contributed by atoms with Crippen LogP contribution in [0.4, 0.5) is 0 Å². The van der Waals surface area contributed by atoms with Crippen molar-refractivity contribution in [1.82, 2.24) is 0 Å². The van der Waals surface area contributed by atoms with Gasteiger partial charge in [-0.25, -0.2) is 16.8 Å². The molecular formula is C9H18NO4S2+. The number of hydrogen-bond donors (Lipinski definition) is 0. The minimum absolute atomic E-state index is 0.0468. The van der Waals surface area contributed by atoms with Gasteiger partial charge in [-0.15, -0.1) is 0 Å². The molecule has 0 N–H and O–H groups in total. The molecule has 0 aromatic carbocycles.